The van der Waals surface area contributed by atoms with Crippen molar-refractivity contribution < 1.29 is 98.4 Å². The average Bonchev–Trinajstić information content (AvgIpc) is 1.61. The van der Waals surface area contributed by atoms with Gasteiger partial charge in [-0.05, 0) is 155 Å². The van der Waals surface area contributed by atoms with E-state index in [9.17, 15) is 98.4 Å². The summed E-state index contributed by atoms with van der Waals surface area (Å²) >= 11 is 0. The summed E-state index contributed by atoms with van der Waals surface area (Å²) in [6.45, 7) is 44.6. The number of hydrogen-bond acceptors (Lipinski definition) is 20. The van der Waals surface area contributed by atoms with Gasteiger partial charge in [-0.2, -0.15) is 0 Å². The summed E-state index contributed by atoms with van der Waals surface area (Å²) in [6.07, 6.45) is 11.0. The van der Waals surface area contributed by atoms with Gasteiger partial charge < -0.3 is 40.9 Å². The monoisotopic (exact) mass is 1460 g/mol. The molecule has 4 aliphatic carbocycles. The van der Waals surface area contributed by atoms with Crippen molar-refractivity contribution in [3.05, 3.63) is 91.9 Å². The molecule has 0 amide bonds. The zero-order valence-corrected chi connectivity index (χ0v) is 67.0. The van der Waals surface area contributed by atoms with Gasteiger partial charge in [-0.1, -0.05) is 157 Å². The van der Waals surface area contributed by atoms with E-state index in [4.69, 9.17) is 0 Å². The van der Waals surface area contributed by atoms with Gasteiger partial charge >= 0.3 is 0 Å². The van der Waals surface area contributed by atoms with E-state index in [0.29, 0.717) is 38.5 Å². The first kappa shape index (κ1) is 95.0. The van der Waals surface area contributed by atoms with Gasteiger partial charge in [-0.3, -0.25) is 57.5 Å². The molecule has 20 heteroatoms. The van der Waals surface area contributed by atoms with E-state index in [1.54, 1.807) is 52.0 Å². The number of Topliss-reactive ketones (excluding diaryl/α,β-unsaturated/α-hetero) is 12. The fourth-order valence-corrected chi connectivity index (χ4v) is 12.4. The molecule has 0 fully saturated rings. The maximum Gasteiger partial charge on any atom is 0.191 e. The van der Waals surface area contributed by atoms with Crippen LogP contribution in [0.25, 0.3) is 0 Å². The lowest BCUT2D eigenvalue weighted by atomic mass is 9.80. The van der Waals surface area contributed by atoms with Gasteiger partial charge in [0.1, 0.15) is 45.3 Å². The Morgan fingerprint density at radius 3 is 0.779 bits per heavy atom. The maximum atomic E-state index is 12.9. The van der Waals surface area contributed by atoms with Gasteiger partial charge in [0.15, 0.2) is 91.8 Å². The molecule has 0 aliphatic heterocycles. The Morgan fingerprint density at radius 1 is 0.337 bits per heavy atom. The van der Waals surface area contributed by atoms with E-state index < -0.39 is 167 Å². The first-order valence-corrected chi connectivity index (χ1v) is 37.4. The Labute approximate surface area is 619 Å². The molecule has 0 aromatic heterocycles. The third-order valence-corrected chi connectivity index (χ3v) is 19.4. The van der Waals surface area contributed by atoms with Crippen molar-refractivity contribution in [2.45, 2.75) is 291 Å². The van der Waals surface area contributed by atoms with Crippen LogP contribution in [0.4, 0.5) is 0 Å². The molecular formula is C84H128O20. The van der Waals surface area contributed by atoms with Crippen molar-refractivity contribution >= 4 is 69.4 Å². The summed E-state index contributed by atoms with van der Waals surface area (Å²) in [6, 6.07) is 0. The van der Waals surface area contributed by atoms with Crippen LogP contribution < -0.4 is 0 Å². The zero-order chi connectivity index (χ0) is 80.9. The molecule has 9 atom stereocenters. The summed E-state index contributed by atoms with van der Waals surface area (Å²) < 4.78 is 0. The van der Waals surface area contributed by atoms with E-state index >= 15 is 0 Å². The lowest BCUT2D eigenvalue weighted by molar-refractivity contribution is -0.145. The van der Waals surface area contributed by atoms with E-state index in [1.807, 2.05) is 138 Å². The predicted octanol–water partition coefficient (Wildman–Crippen LogP) is 14.8. The van der Waals surface area contributed by atoms with Crippen molar-refractivity contribution in [1.29, 1.82) is 0 Å². The normalized spacial score (nSPS) is 23.4. The Kier molecular flexibility index (Phi) is 37.6. The van der Waals surface area contributed by atoms with Gasteiger partial charge in [0.25, 0.3) is 0 Å². The molecule has 4 aliphatic rings. The number of aliphatic hydroxyl groups excluding tert-OH is 4. The van der Waals surface area contributed by atoms with Crippen LogP contribution in [0.5, 0.6) is 0 Å². The molecule has 0 heterocycles. The quantitative estimate of drug-likeness (QED) is 0.0213. The van der Waals surface area contributed by atoms with E-state index in [0.717, 1.165) is 22.3 Å². The van der Waals surface area contributed by atoms with Gasteiger partial charge in [0.05, 0.1) is 23.7 Å². The topological polar surface area (TPSA) is 367 Å². The number of aliphatic hydroxyl groups is 8. The van der Waals surface area contributed by atoms with Crippen molar-refractivity contribution in [2.24, 2.45) is 71.0 Å². The third kappa shape index (κ3) is 23.8. The largest absolute Gasteiger partial charge is 0.508 e. The fraction of sp³-hybridized carbons (Fsp3) is 0.667. The van der Waals surface area contributed by atoms with Crippen LogP contribution in [-0.4, -0.2) is 133 Å². The fourth-order valence-electron chi connectivity index (χ4n) is 12.4. The van der Waals surface area contributed by atoms with Gasteiger partial charge in [0, 0.05) is 50.4 Å². The lowest BCUT2D eigenvalue weighted by Gasteiger charge is -2.28. The molecule has 0 spiro atoms. The van der Waals surface area contributed by atoms with Crippen molar-refractivity contribution in [3.63, 3.8) is 0 Å². The number of allylic oxidation sites excluding steroid dienone is 12. The predicted molar refractivity (Wildman–Crippen MR) is 403 cm³/mol. The third-order valence-electron chi connectivity index (χ3n) is 19.4. The van der Waals surface area contributed by atoms with Gasteiger partial charge in [0.2, 0.25) is 0 Å². The highest BCUT2D eigenvalue weighted by atomic mass is 16.4. The van der Waals surface area contributed by atoms with Crippen LogP contribution in [0.1, 0.15) is 269 Å². The summed E-state index contributed by atoms with van der Waals surface area (Å²) in [7, 11) is 0. The van der Waals surface area contributed by atoms with Gasteiger partial charge in [-0.25, -0.2) is 0 Å². The standard InChI is InChI=1S/C22H34O5.2C21H32O5.C20H30O5/c1-13(2)7-10-16-20(25)19(17(23)11-8-14(3)4)21(26)22(16,27)18(24)12-9-15(5)6;1-12(2)7-9-15-19(24)18(16(22)11-14(5)6)20(25)21(15,26)17(23)10-8-13(3)4;1-7-14(6)18(23)17-19(24)15(10-8-12(2)3)21(26,20(17)25)16(22)11-9-13(4)5;1-11(2)7-9-14-18(23)16(17(22)13(5)6)19(24)20(14,25)15(21)10-8-12(3)4/h7,14-16,26-27H,8-12H2,1-6H3;7,13-15,25-26H,8-11H2,1-6H3;8,13-15,25-26H,7,9-11H2,1-6H3;7,12-14,24-25H,8-10H2,1-6H3/t16-,22?;15-,21?;14?,15-,21?;14-,20?/m1111/s1. The molecule has 0 radical (unpaired) electrons. The van der Waals surface area contributed by atoms with Crippen LogP contribution in [0.2, 0.25) is 0 Å². The first-order valence-electron chi connectivity index (χ1n) is 37.4. The second kappa shape index (κ2) is 41.2. The number of ketones is 12. The molecular weight excluding hydrogens is 1330 g/mol. The highest BCUT2D eigenvalue weighted by Crippen LogP contribution is 2.47. The van der Waals surface area contributed by atoms with Crippen LogP contribution in [0, 0.1) is 71.0 Å². The highest BCUT2D eigenvalue weighted by molar-refractivity contribution is 6.29. The minimum absolute atomic E-state index is 0.00262. The summed E-state index contributed by atoms with van der Waals surface area (Å²) in [5.74, 6) is -14.4. The van der Waals surface area contributed by atoms with Crippen molar-refractivity contribution in [2.75, 3.05) is 0 Å². The van der Waals surface area contributed by atoms with E-state index in [1.165, 1.54) is 0 Å². The Bertz CT molecular complexity index is 3440. The lowest BCUT2D eigenvalue weighted by Crippen LogP contribution is -2.46. The van der Waals surface area contributed by atoms with Crippen LogP contribution >= 0.6 is 0 Å². The van der Waals surface area contributed by atoms with Crippen LogP contribution in [-0.2, 0) is 57.5 Å². The zero-order valence-electron chi connectivity index (χ0n) is 67.0. The molecule has 0 bridgehead atoms. The molecule has 104 heavy (non-hydrogen) atoms. The smallest absolute Gasteiger partial charge is 0.191 e. The molecule has 20 nitrogen and oxygen atoms in total. The maximum absolute atomic E-state index is 12.9. The minimum Gasteiger partial charge on any atom is -0.508 e. The average molecular weight is 1460 g/mol. The number of carbonyl (C=O) groups is 12. The number of hydrogen-bond donors (Lipinski definition) is 8. The molecule has 584 valence electrons. The Balaban J connectivity index is 0.000000694. The van der Waals surface area contributed by atoms with Crippen molar-refractivity contribution in [1.82, 2.24) is 0 Å². The second-order valence-electron chi connectivity index (χ2n) is 32.7. The molecule has 0 aromatic rings. The molecule has 5 unspecified atom stereocenters. The van der Waals surface area contributed by atoms with E-state index in [-0.39, 0.29) is 105 Å². The molecule has 8 N–H and O–H groups in total. The van der Waals surface area contributed by atoms with Gasteiger partial charge in [-0.15, -0.1) is 0 Å². The molecule has 0 aromatic carbocycles. The molecule has 0 saturated carbocycles. The molecule has 4 rings (SSSR count). The summed E-state index contributed by atoms with van der Waals surface area (Å²) in [5.41, 5.74) is -7.11. The van der Waals surface area contributed by atoms with E-state index in [2.05, 4.69) is 0 Å². The second-order valence-corrected chi connectivity index (χ2v) is 32.7. The first-order chi connectivity index (χ1) is 47.8. The SMILES string of the molecule is CC(C)=CC[C@@H]1C(=O)C(C(=O)C(C)C)=C(O)C1(O)C(=O)CCC(C)C.CC(C)=CC[C@@H]1C(=O)C(C(=O)CC(C)C)=C(O)C1(O)C(=O)CCC(C)C.CC(C)=CC[C@@H]1C(=O)C(C(=O)CCC(C)C)=C(O)C1(O)C(=O)CCC(C)C.CCC(C)C(=O)C1=C(O)C(O)(C(=O)CCC(C)C)[C@H](CC=C(C)C)C1=O. The van der Waals surface area contributed by atoms with Crippen LogP contribution in [0.3, 0.4) is 0 Å². The summed E-state index contributed by atoms with van der Waals surface area (Å²) in [4.78, 5) is 152. The minimum atomic E-state index is -2.31. The van der Waals surface area contributed by atoms with Crippen LogP contribution in [0.15, 0.2) is 91.9 Å². The number of carbonyl (C=O) groups excluding carboxylic acids is 12. The highest BCUT2D eigenvalue weighted by Gasteiger charge is 2.62. The summed E-state index contributed by atoms with van der Waals surface area (Å²) in [5, 5.41) is 86.7. The number of rotatable bonds is 36. The Hall–Kier alpha value is -7.00. The Morgan fingerprint density at radius 2 is 0.558 bits per heavy atom. The molecule has 0 saturated heterocycles. The van der Waals surface area contributed by atoms with Crippen molar-refractivity contribution in [3.8, 4) is 0 Å².